The van der Waals surface area contributed by atoms with Gasteiger partial charge in [-0.2, -0.15) is 0 Å². The molecule has 1 aromatic carbocycles. The normalized spacial score (nSPS) is 17.6. The van der Waals surface area contributed by atoms with Gasteiger partial charge in [0.25, 0.3) is 5.89 Å². The Bertz CT molecular complexity index is 1360. The van der Waals surface area contributed by atoms with Gasteiger partial charge in [-0.25, -0.2) is 0 Å². The molecule has 10 nitrogen and oxygen atoms in total. The molecule has 0 bridgehead atoms. The van der Waals surface area contributed by atoms with E-state index in [0.29, 0.717) is 23.9 Å². The first-order chi connectivity index (χ1) is 17.7. The third kappa shape index (κ3) is 4.37. The van der Waals surface area contributed by atoms with Gasteiger partial charge in [0.05, 0.1) is 12.1 Å². The van der Waals surface area contributed by atoms with E-state index in [9.17, 15) is 0 Å². The third-order valence-electron chi connectivity index (χ3n) is 6.63. The van der Waals surface area contributed by atoms with Gasteiger partial charge >= 0.3 is 0 Å². The highest BCUT2D eigenvalue weighted by Gasteiger charge is 2.42. The standard InChI is InChI=1S/C26H25N7O3/c1-34-32-21-16-26(36-22-7-3-2-6-19(21)22)10-13-33(14-11-26)23-9-8-20(28-29-23)25-31-30-24(35-25)15-18-5-4-12-27-17-18/h2-9,12,17H,10-11,13-16H2,1H3. The smallest absolute Gasteiger partial charge is 0.268 e. The summed E-state index contributed by atoms with van der Waals surface area (Å²) in [5, 5.41) is 21.3. The van der Waals surface area contributed by atoms with E-state index in [4.69, 9.17) is 14.0 Å². The van der Waals surface area contributed by atoms with Crippen LogP contribution in [0.5, 0.6) is 5.75 Å². The lowest BCUT2D eigenvalue weighted by Crippen LogP contribution is -2.51. The van der Waals surface area contributed by atoms with E-state index >= 15 is 0 Å². The molecule has 5 heterocycles. The molecule has 0 aliphatic carbocycles. The molecule has 4 aromatic rings. The topological polar surface area (TPSA) is 112 Å². The van der Waals surface area contributed by atoms with Crippen molar-refractivity contribution in [3.63, 3.8) is 0 Å². The fourth-order valence-corrected chi connectivity index (χ4v) is 4.79. The van der Waals surface area contributed by atoms with Crippen LogP contribution < -0.4 is 9.64 Å². The average Bonchev–Trinajstić information content (AvgIpc) is 3.38. The van der Waals surface area contributed by atoms with Crippen molar-refractivity contribution >= 4 is 11.5 Å². The first-order valence-corrected chi connectivity index (χ1v) is 11.9. The minimum absolute atomic E-state index is 0.302. The van der Waals surface area contributed by atoms with Gasteiger partial charge in [0.15, 0.2) is 5.82 Å². The molecular formula is C26H25N7O3. The Balaban J connectivity index is 1.12. The summed E-state index contributed by atoms with van der Waals surface area (Å²) in [5.74, 6) is 2.53. The summed E-state index contributed by atoms with van der Waals surface area (Å²) in [4.78, 5) is 11.5. The number of rotatable bonds is 5. The number of pyridine rings is 1. The van der Waals surface area contributed by atoms with Gasteiger partial charge in [-0.3, -0.25) is 4.98 Å². The van der Waals surface area contributed by atoms with E-state index in [0.717, 1.165) is 60.8 Å². The molecular weight excluding hydrogens is 458 g/mol. The maximum Gasteiger partial charge on any atom is 0.268 e. The Morgan fingerprint density at radius 1 is 1.00 bits per heavy atom. The first kappa shape index (κ1) is 22.1. The lowest BCUT2D eigenvalue weighted by atomic mass is 9.82. The Morgan fingerprint density at radius 3 is 2.67 bits per heavy atom. The van der Waals surface area contributed by atoms with Crippen LogP contribution in [0, 0.1) is 0 Å². The second-order valence-corrected chi connectivity index (χ2v) is 8.98. The molecule has 1 spiro atoms. The van der Waals surface area contributed by atoms with Crippen LogP contribution in [0.3, 0.4) is 0 Å². The van der Waals surface area contributed by atoms with Crippen molar-refractivity contribution in [2.24, 2.45) is 5.16 Å². The second kappa shape index (κ2) is 9.37. The number of oxime groups is 1. The second-order valence-electron chi connectivity index (χ2n) is 8.98. The molecule has 36 heavy (non-hydrogen) atoms. The number of para-hydroxylation sites is 1. The largest absolute Gasteiger partial charge is 0.486 e. The number of aromatic nitrogens is 5. The molecule has 1 saturated heterocycles. The quantitative estimate of drug-likeness (QED) is 0.392. The summed E-state index contributed by atoms with van der Waals surface area (Å²) in [6, 6.07) is 15.7. The molecule has 2 aliphatic heterocycles. The van der Waals surface area contributed by atoms with E-state index < -0.39 is 0 Å². The SMILES string of the molecule is CON=C1CC2(CCN(c3ccc(-c4nnc(Cc5cccnc5)o4)nn3)CC2)Oc2ccccc21. The number of piperidine rings is 1. The lowest BCUT2D eigenvalue weighted by molar-refractivity contribution is 0.0433. The molecule has 3 aromatic heterocycles. The van der Waals surface area contributed by atoms with E-state index in [-0.39, 0.29) is 5.60 Å². The first-order valence-electron chi connectivity index (χ1n) is 11.9. The molecule has 182 valence electrons. The van der Waals surface area contributed by atoms with Gasteiger partial charge in [0.2, 0.25) is 5.89 Å². The van der Waals surface area contributed by atoms with Crippen LogP contribution in [0.4, 0.5) is 5.82 Å². The number of hydrogen-bond acceptors (Lipinski definition) is 10. The lowest BCUT2D eigenvalue weighted by Gasteiger charge is -2.44. The van der Waals surface area contributed by atoms with E-state index in [1.54, 1.807) is 19.5 Å². The monoisotopic (exact) mass is 483 g/mol. The number of fused-ring (bicyclic) bond motifs is 1. The number of benzene rings is 1. The molecule has 1 fully saturated rings. The number of anilines is 1. The zero-order valence-electron chi connectivity index (χ0n) is 19.9. The average molecular weight is 484 g/mol. The van der Waals surface area contributed by atoms with Crippen LogP contribution >= 0.6 is 0 Å². The van der Waals surface area contributed by atoms with Crippen LogP contribution in [-0.4, -0.2) is 56.9 Å². The number of nitrogens with zero attached hydrogens (tertiary/aromatic N) is 7. The molecule has 0 atom stereocenters. The highest BCUT2D eigenvalue weighted by atomic mass is 16.6. The zero-order valence-corrected chi connectivity index (χ0v) is 19.9. The maximum absolute atomic E-state index is 6.51. The van der Waals surface area contributed by atoms with E-state index in [1.807, 2.05) is 48.5 Å². The number of ether oxygens (including phenoxy) is 1. The molecule has 0 saturated carbocycles. The van der Waals surface area contributed by atoms with Crippen molar-refractivity contribution in [3.8, 4) is 17.3 Å². The van der Waals surface area contributed by atoms with Gasteiger partial charge in [-0.05, 0) is 35.9 Å². The van der Waals surface area contributed by atoms with Crippen molar-refractivity contribution in [1.82, 2.24) is 25.4 Å². The zero-order chi connectivity index (χ0) is 24.4. The van der Waals surface area contributed by atoms with E-state index in [1.165, 1.54) is 0 Å². The Morgan fingerprint density at radius 2 is 1.89 bits per heavy atom. The Hall–Kier alpha value is -4.34. The third-order valence-corrected chi connectivity index (χ3v) is 6.63. The molecule has 0 unspecified atom stereocenters. The molecule has 6 rings (SSSR count). The van der Waals surface area contributed by atoms with Crippen molar-refractivity contribution in [1.29, 1.82) is 0 Å². The van der Waals surface area contributed by atoms with Crippen LogP contribution in [0.15, 0.2) is 70.5 Å². The van der Waals surface area contributed by atoms with Crippen molar-refractivity contribution < 1.29 is 14.0 Å². The summed E-state index contributed by atoms with van der Waals surface area (Å²) in [5.41, 5.74) is 3.18. The minimum atomic E-state index is -0.302. The highest BCUT2D eigenvalue weighted by Crippen LogP contribution is 2.40. The van der Waals surface area contributed by atoms with Crippen LogP contribution in [-0.2, 0) is 11.3 Å². The summed E-state index contributed by atoms with van der Waals surface area (Å²) in [7, 11) is 1.58. The van der Waals surface area contributed by atoms with Crippen molar-refractivity contribution in [2.75, 3.05) is 25.1 Å². The predicted octanol–water partition coefficient (Wildman–Crippen LogP) is 3.68. The predicted molar refractivity (Wildman–Crippen MR) is 132 cm³/mol. The number of hydrogen-bond donors (Lipinski definition) is 0. The summed E-state index contributed by atoms with van der Waals surface area (Å²) >= 11 is 0. The summed E-state index contributed by atoms with van der Waals surface area (Å²) < 4.78 is 12.3. The minimum Gasteiger partial charge on any atom is -0.486 e. The molecule has 10 heteroatoms. The fraction of sp³-hybridized carbons (Fsp3) is 0.308. The van der Waals surface area contributed by atoms with Gasteiger partial charge in [-0.1, -0.05) is 23.4 Å². The van der Waals surface area contributed by atoms with Gasteiger partial charge < -0.3 is 18.9 Å². The van der Waals surface area contributed by atoms with Gasteiger partial charge in [0.1, 0.15) is 24.2 Å². The van der Waals surface area contributed by atoms with Crippen LogP contribution in [0.2, 0.25) is 0 Å². The van der Waals surface area contributed by atoms with Crippen molar-refractivity contribution in [2.45, 2.75) is 31.3 Å². The summed E-state index contributed by atoms with van der Waals surface area (Å²) in [6.07, 6.45) is 6.43. The Kier molecular flexibility index (Phi) is 5.76. The molecule has 0 N–H and O–H groups in total. The molecule has 2 aliphatic rings. The van der Waals surface area contributed by atoms with Crippen molar-refractivity contribution in [3.05, 3.63) is 77.9 Å². The Labute approximate surface area is 208 Å². The van der Waals surface area contributed by atoms with Crippen LogP contribution in [0.1, 0.15) is 36.3 Å². The maximum atomic E-state index is 6.51. The van der Waals surface area contributed by atoms with E-state index in [2.05, 4.69) is 35.4 Å². The highest BCUT2D eigenvalue weighted by molar-refractivity contribution is 6.04. The molecule has 0 amide bonds. The van der Waals surface area contributed by atoms with Crippen LogP contribution in [0.25, 0.3) is 11.6 Å². The fourth-order valence-electron chi connectivity index (χ4n) is 4.79. The van der Waals surface area contributed by atoms with Gasteiger partial charge in [-0.15, -0.1) is 20.4 Å². The summed E-state index contributed by atoms with van der Waals surface area (Å²) in [6.45, 7) is 1.60. The molecule has 0 radical (unpaired) electrons. The van der Waals surface area contributed by atoms with Gasteiger partial charge in [0, 0.05) is 50.3 Å².